The van der Waals surface area contributed by atoms with Gasteiger partial charge in [0.15, 0.2) is 0 Å². The van der Waals surface area contributed by atoms with Gasteiger partial charge in [0.2, 0.25) is 0 Å². The molecule has 0 spiro atoms. The fourth-order valence-corrected chi connectivity index (χ4v) is 2.51. The molecule has 1 heterocycles. The number of aromatic amines is 1. The highest BCUT2D eigenvalue weighted by Gasteiger charge is 2.04. The Labute approximate surface area is 136 Å². The Kier molecular flexibility index (Phi) is 4.06. The van der Waals surface area contributed by atoms with Gasteiger partial charge in [0, 0.05) is 32.7 Å². The molecule has 22 heavy (non-hydrogen) atoms. The predicted octanol–water partition coefficient (Wildman–Crippen LogP) is 4.00. The number of nitrogens with one attached hydrogen (secondary N) is 2. The van der Waals surface area contributed by atoms with Gasteiger partial charge in [0.1, 0.15) is 0 Å². The van der Waals surface area contributed by atoms with Crippen LogP contribution in [0.15, 0.2) is 58.2 Å². The van der Waals surface area contributed by atoms with Crippen LogP contribution in [0.5, 0.6) is 0 Å². The molecule has 4 nitrogen and oxygen atoms in total. The van der Waals surface area contributed by atoms with Crippen molar-refractivity contribution in [3.05, 3.63) is 69.8 Å². The van der Waals surface area contributed by atoms with Crippen molar-refractivity contribution in [2.75, 3.05) is 0 Å². The number of aryl methyl sites for hydroxylation is 1. The summed E-state index contributed by atoms with van der Waals surface area (Å²) < 4.78 is 0.998. The number of halogens is 1. The van der Waals surface area contributed by atoms with Gasteiger partial charge in [0.05, 0.1) is 6.21 Å². The van der Waals surface area contributed by atoms with Gasteiger partial charge in [-0.15, -0.1) is 0 Å². The molecule has 0 fully saturated rings. The van der Waals surface area contributed by atoms with Crippen LogP contribution < -0.4 is 5.43 Å². The number of hydrogen-bond donors (Lipinski definition) is 2. The molecule has 0 aliphatic rings. The molecule has 0 atom stereocenters. The van der Waals surface area contributed by atoms with Crippen LogP contribution in [-0.4, -0.2) is 17.1 Å². The first-order valence-electron chi connectivity index (χ1n) is 6.80. The molecule has 3 aromatic rings. The Morgan fingerprint density at radius 1 is 1.23 bits per heavy atom. The zero-order valence-electron chi connectivity index (χ0n) is 11.9. The van der Waals surface area contributed by atoms with E-state index in [2.05, 4.69) is 31.4 Å². The summed E-state index contributed by atoms with van der Waals surface area (Å²) in [4.78, 5) is 15.1. The van der Waals surface area contributed by atoms with Crippen molar-refractivity contribution >= 4 is 39.0 Å². The lowest BCUT2D eigenvalue weighted by Gasteiger charge is -2.00. The number of carbonyl (C=O) groups is 1. The van der Waals surface area contributed by atoms with Crippen LogP contribution in [0.3, 0.4) is 0 Å². The van der Waals surface area contributed by atoms with Gasteiger partial charge in [-0.3, -0.25) is 4.79 Å². The molecule has 0 saturated carbocycles. The smallest absolute Gasteiger partial charge is 0.271 e. The summed E-state index contributed by atoms with van der Waals surface area (Å²) >= 11 is 3.45. The SMILES string of the molecule is Cc1ccc(C(=O)NN=Cc2c[nH]c3ccc(Br)cc23)cc1. The third-order valence-corrected chi connectivity index (χ3v) is 3.85. The quantitative estimate of drug-likeness (QED) is 0.541. The highest BCUT2D eigenvalue weighted by atomic mass is 79.9. The number of carbonyl (C=O) groups excluding carboxylic acids is 1. The van der Waals surface area contributed by atoms with Crippen molar-refractivity contribution in [3.63, 3.8) is 0 Å². The lowest BCUT2D eigenvalue weighted by atomic mass is 10.1. The molecule has 5 heteroatoms. The number of hydrogen-bond acceptors (Lipinski definition) is 2. The highest BCUT2D eigenvalue weighted by Crippen LogP contribution is 2.21. The summed E-state index contributed by atoms with van der Waals surface area (Å²) in [5, 5.41) is 5.08. The Balaban J connectivity index is 1.74. The minimum atomic E-state index is -0.225. The fourth-order valence-electron chi connectivity index (χ4n) is 2.15. The first-order valence-corrected chi connectivity index (χ1v) is 7.59. The molecule has 2 aromatic carbocycles. The highest BCUT2D eigenvalue weighted by molar-refractivity contribution is 9.10. The van der Waals surface area contributed by atoms with Gasteiger partial charge in [-0.05, 0) is 37.3 Å². The van der Waals surface area contributed by atoms with E-state index in [0.29, 0.717) is 5.56 Å². The Bertz CT molecular complexity index is 850. The van der Waals surface area contributed by atoms with E-state index < -0.39 is 0 Å². The largest absolute Gasteiger partial charge is 0.361 e. The van der Waals surface area contributed by atoms with Crippen LogP contribution in [0.2, 0.25) is 0 Å². The molecule has 0 radical (unpaired) electrons. The van der Waals surface area contributed by atoms with Gasteiger partial charge < -0.3 is 4.98 Å². The Morgan fingerprint density at radius 3 is 2.77 bits per heavy atom. The monoisotopic (exact) mass is 355 g/mol. The van der Waals surface area contributed by atoms with Gasteiger partial charge in [-0.2, -0.15) is 5.10 Å². The molecule has 0 saturated heterocycles. The van der Waals surface area contributed by atoms with Crippen LogP contribution >= 0.6 is 15.9 Å². The van der Waals surface area contributed by atoms with Crippen LogP contribution in [-0.2, 0) is 0 Å². The first-order chi connectivity index (χ1) is 10.6. The van der Waals surface area contributed by atoms with Crippen LogP contribution in [0, 0.1) is 6.92 Å². The second kappa shape index (κ2) is 6.15. The Morgan fingerprint density at radius 2 is 2.00 bits per heavy atom. The zero-order chi connectivity index (χ0) is 15.5. The minimum Gasteiger partial charge on any atom is -0.361 e. The van der Waals surface area contributed by atoms with E-state index in [-0.39, 0.29) is 5.91 Å². The van der Waals surface area contributed by atoms with Crippen molar-refractivity contribution in [2.24, 2.45) is 5.10 Å². The van der Waals surface area contributed by atoms with Gasteiger partial charge >= 0.3 is 0 Å². The van der Waals surface area contributed by atoms with Crippen molar-refractivity contribution in [1.82, 2.24) is 10.4 Å². The number of benzene rings is 2. The summed E-state index contributed by atoms with van der Waals surface area (Å²) in [5.41, 5.74) is 6.18. The van der Waals surface area contributed by atoms with E-state index >= 15 is 0 Å². The second-order valence-corrected chi connectivity index (χ2v) is 5.91. The standard InChI is InChI=1S/C17H14BrN3O/c1-11-2-4-12(5-3-11)17(22)21-20-10-13-9-19-16-7-6-14(18)8-15(13)16/h2-10,19H,1H3,(H,21,22). The van der Waals surface area contributed by atoms with Crippen molar-refractivity contribution in [3.8, 4) is 0 Å². The Hall–Kier alpha value is -2.40. The molecule has 2 N–H and O–H groups in total. The first kappa shape index (κ1) is 14.5. The van der Waals surface area contributed by atoms with E-state index in [1.165, 1.54) is 0 Å². The number of aromatic nitrogens is 1. The summed E-state index contributed by atoms with van der Waals surface area (Å²) in [7, 11) is 0. The number of hydrazone groups is 1. The number of H-pyrrole nitrogens is 1. The number of amides is 1. The van der Waals surface area contributed by atoms with Gasteiger partial charge in [0.25, 0.3) is 5.91 Å². The molecule has 1 amide bonds. The van der Waals surface area contributed by atoms with Crippen molar-refractivity contribution in [1.29, 1.82) is 0 Å². The maximum atomic E-state index is 12.0. The van der Waals surface area contributed by atoms with Crippen LogP contribution in [0.4, 0.5) is 0 Å². The van der Waals surface area contributed by atoms with E-state index in [4.69, 9.17) is 0 Å². The molecule has 0 unspecified atom stereocenters. The molecule has 110 valence electrons. The summed E-state index contributed by atoms with van der Waals surface area (Å²) in [6.07, 6.45) is 3.50. The molecule has 0 aliphatic heterocycles. The summed E-state index contributed by atoms with van der Waals surface area (Å²) in [5.74, 6) is -0.225. The fraction of sp³-hybridized carbons (Fsp3) is 0.0588. The molecule has 0 bridgehead atoms. The molecule has 1 aromatic heterocycles. The molecule has 3 rings (SSSR count). The lowest BCUT2D eigenvalue weighted by Crippen LogP contribution is -2.17. The topological polar surface area (TPSA) is 57.2 Å². The lowest BCUT2D eigenvalue weighted by molar-refractivity contribution is 0.0955. The number of rotatable bonds is 3. The van der Waals surface area contributed by atoms with Gasteiger partial charge in [-0.25, -0.2) is 5.43 Å². The average Bonchev–Trinajstić information content (AvgIpc) is 2.90. The van der Waals surface area contributed by atoms with E-state index in [9.17, 15) is 4.79 Å². The van der Waals surface area contributed by atoms with Crippen molar-refractivity contribution < 1.29 is 4.79 Å². The third-order valence-electron chi connectivity index (χ3n) is 3.36. The van der Waals surface area contributed by atoms with Gasteiger partial charge in [-0.1, -0.05) is 33.6 Å². The minimum absolute atomic E-state index is 0.225. The maximum Gasteiger partial charge on any atom is 0.271 e. The maximum absolute atomic E-state index is 12.0. The predicted molar refractivity (Wildman–Crippen MR) is 92.2 cm³/mol. The summed E-state index contributed by atoms with van der Waals surface area (Å²) in [6.45, 7) is 1.98. The zero-order valence-corrected chi connectivity index (χ0v) is 13.5. The molecule has 0 aliphatic carbocycles. The van der Waals surface area contributed by atoms with E-state index in [0.717, 1.165) is 26.5 Å². The van der Waals surface area contributed by atoms with E-state index in [1.807, 2.05) is 43.5 Å². The molecular formula is C17H14BrN3O. The normalized spacial score (nSPS) is 11.2. The summed E-state index contributed by atoms with van der Waals surface area (Å²) in [6, 6.07) is 13.3. The number of nitrogens with zero attached hydrogens (tertiary/aromatic N) is 1. The van der Waals surface area contributed by atoms with Crippen LogP contribution in [0.25, 0.3) is 10.9 Å². The van der Waals surface area contributed by atoms with Crippen molar-refractivity contribution in [2.45, 2.75) is 6.92 Å². The molecular weight excluding hydrogens is 342 g/mol. The van der Waals surface area contributed by atoms with Crippen LogP contribution in [0.1, 0.15) is 21.5 Å². The second-order valence-electron chi connectivity index (χ2n) is 5.00. The average molecular weight is 356 g/mol. The van der Waals surface area contributed by atoms with E-state index in [1.54, 1.807) is 18.3 Å². The third kappa shape index (κ3) is 3.09. The number of fused-ring (bicyclic) bond motifs is 1.